The number of halogens is 1. The van der Waals surface area contributed by atoms with Crippen molar-refractivity contribution in [1.29, 1.82) is 0 Å². The Morgan fingerprint density at radius 1 is 1.30 bits per heavy atom. The quantitative estimate of drug-likeness (QED) is 0.665. The van der Waals surface area contributed by atoms with Crippen LogP contribution in [0, 0.1) is 5.82 Å². The van der Waals surface area contributed by atoms with Crippen molar-refractivity contribution < 1.29 is 4.39 Å². The fraction of sp³-hybridized carbons (Fsp3) is 0.182. The molecule has 0 aliphatic carbocycles. The summed E-state index contributed by atoms with van der Waals surface area (Å²) in [5.41, 5.74) is 3.75. The van der Waals surface area contributed by atoms with Crippen LogP contribution in [0.25, 0.3) is 0 Å². The number of nitrogens with one attached hydrogen (secondary N) is 3. The summed E-state index contributed by atoms with van der Waals surface area (Å²) in [5, 5.41) is 13.5. The third kappa shape index (κ3) is 4.27. The average Bonchev–Trinajstić information content (AvgIpc) is 3.24. The highest BCUT2D eigenvalue weighted by Gasteiger charge is 2.22. The summed E-state index contributed by atoms with van der Waals surface area (Å²) in [7, 11) is 0. The van der Waals surface area contributed by atoms with Crippen LogP contribution in [-0.2, 0) is 0 Å². The van der Waals surface area contributed by atoms with Gasteiger partial charge in [0.25, 0.3) is 0 Å². The van der Waals surface area contributed by atoms with Gasteiger partial charge in [-0.3, -0.25) is 15.1 Å². The Hall–Kier alpha value is -3.81. The van der Waals surface area contributed by atoms with Gasteiger partial charge in [-0.25, -0.2) is 9.38 Å². The number of nitrogens with zero attached hydrogens (tertiary/aromatic N) is 4. The molecule has 152 valence electrons. The highest BCUT2D eigenvalue weighted by atomic mass is 19.1. The highest BCUT2D eigenvalue weighted by molar-refractivity contribution is 6.30. The van der Waals surface area contributed by atoms with Crippen molar-refractivity contribution in [3.8, 4) is 0 Å². The standard InChI is InChI=1S/C22H22FN7/c1-3-4-16(21-19-11-28-30-22(19)27-13-26-21)9-18-10-25-20(12-24-18)29-14(2)15-5-7-17(23)8-6-15/h3-9,11-14,21H,1,10H2,2H3,(H,25,29)(H2,26,27,28,30)/b16-4+,18-9+/t14-,21?/m1/s1. The van der Waals surface area contributed by atoms with Crippen LogP contribution in [-0.4, -0.2) is 35.1 Å². The maximum absolute atomic E-state index is 13.1. The van der Waals surface area contributed by atoms with Crippen molar-refractivity contribution in [2.45, 2.75) is 19.0 Å². The maximum atomic E-state index is 13.1. The number of rotatable bonds is 5. The maximum Gasteiger partial charge on any atom is 0.155 e. The van der Waals surface area contributed by atoms with E-state index in [1.807, 2.05) is 19.1 Å². The van der Waals surface area contributed by atoms with Crippen molar-refractivity contribution in [1.82, 2.24) is 20.8 Å². The molecule has 3 heterocycles. The van der Waals surface area contributed by atoms with E-state index in [9.17, 15) is 4.39 Å². The lowest BCUT2D eigenvalue weighted by Gasteiger charge is -2.22. The molecule has 2 aliphatic heterocycles. The van der Waals surface area contributed by atoms with Gasteiger partial charge in [-0.15, -0.1) is 0 Å². The van der Waals surface area contributed by atoms with Gasteiger partial charge in [0.15, 0.2) is 5.82 Å². The molecular weight excluding hydrogens is 381 g/mol. The molecule has 3 N–H and O–H groups in total. The molecule has 0 amide bonds. The predicted octanol–water partition coefficient (Wildman–Crippen LogP) is 3.68. The summed E-state index contributed by atoms with van der Waals surface area (Å²) in [6.07, 6.45) is 10.8. The molecule has 0 spiro atoms. The molecule has 0 saturated heterocycles. The van der Waals surface area contributed by atoms with Crippen LogP contribution in [0.2, 0.25) is 0 Å². The second-order valence-electron chi connectivity index (χ2n) is 6.95. The van der Waals surface area contributed by atoms with Crippen molar-refractivity contribution in [3.63, 3.8) is 0 Å². The molecule has 0 fully saturated rings. The van der Waals surface area contributed by atoms with Crippen LogP contribution in [0.1, 0.15) is 30.1 Å². The SMILES string of the molecule is C=C/C=C(\C=C1/CN=C(N[C@H](C)c2ccc(F)cc2)C=N1)C1NC=Nc2[nH]ncc21. The monoisotopic (exact) mass is 403 g/mol. The molecule has 0 radical (unpaired) electrons. The van der Waals surface area contributed by atoms with Crippen LogP contribution >= 0.6 is 0 Å². The fourth-order valence-electron chi connectivity index (χ4n) is 3.32. The Labute approximate surface area is 174 Å². The summed E-state index contributed by atoms with van der Waals surface area (Å²) in [5.74, 6) is 1.18. The van der Waals surface area contributed by atoms with Gasteiger partial charge in [0.1, 0.15) is 11.7 Å². The molecule has 0 saturated carbocycles. The van der Waals surface area contributed by atoms with Crippen molar-refractivity contribution in [3.05, 3.63) is 83.5 Å². The minimum atomic E-state index is -0.248. The van der Waals surface area contributed by atoms with E-state index in [-0.39, 0.29) is 17.9 Å². The zero-order valence-electron chi connectivity index (χ0n) is 16.5. The van der Waals surface area contributed by atoms with Crippen LogP contribution in [0.3, 0.4) is 0 Å². The summed E-state index contributed by atoms with van der Waals surface area (Å²) in [6.45, 7) is 6.27. The number of benzene rings is 1. The molecule has 1 unspecified atom stereocenters. The van der Waals surface area contributed by atoms with Crippen LogP contribution < -0.4 is 10.6 Å². The van der Waals surface area contributed by atoms with Gasteiger partial charge in [0.05, 0.1) is 37.0 Å². The number of hydrogen-bond donors (Lipinski definition) is 3. The first-order chi connectivity index (χ1) is 14.6. The number of aromatic amines is 1. The number of hydrogen-bond acceptors (Lipinski definition) is 6. The summed E-state index contributed by atoms with van der Waals surface area (Å²) in [4.78, 5) is 13.4. The van der Waals surface area contributed by atoms with Gasteiger partial charge < -0.3 is 10.6 Å². The van der Waals surface area contributed by atoms with E-state index in [0.717, 1.165) is 28.2 Å². The lowest BCUT2D eigenvalue weighted by atomic mass is 9.98. The van der Waals surface area contributed by atoms with Crippen LogP contribution in [0.15, 0.2) is 81.5 Å². The number of aliphatic imine (C=N–C) groups is 3. The fourth-order valence-corrected chi connectivity index (χ4v) is 3.32. The lowest BCUT2D eigenvalue weighted by molar-refractivity contribution is 0.624. The van der Waals surface area contributed by atoms with Crippen LogP contribution in [0.5, 0.6) is 0 Å². The highest BCUT2D eigenvalue weighted by Crippen LogP contribution is 2.31. The molecule has 7 nitrogen and oxygen atoms in total. The van der Waals surface area contributed by atoms with E-state index < -0.39 is 0 Å². The first-order valence-electron chi connectivity index (χ1n) is 9.59. The van der Waals surface area contributed by atoms with Gasteiger partial charge in [0.2, 0.25) is 0 Å². The Balaban J connectivity index is 1.45. The van der Waals surface area contributed by atoms with Gasteiger partial charge in [-0.2, -0.15) is 5.10 Å². The topological polar surface area (TPSA) is 89.8 Å². The number of allylic oxidation sites excluding steroid dienone is 2. The Kier molecular flexibility index (Phi) is 5.65. The minimum Gasteiger partial charge on any atom is -0.365 e. The summed E-state index contributed by atoms with van der Waals surface area (Å²) >= 11 is 0. The zero-order valence-corrected chi connectivity index (χ0v) is 16.5. The number of H-pyrrole nitrogens is 1. The number of fused-ring (bicyclic) bond motifs is 1. The molecule has 1 aromatic carbocycles. The van der Waals surface area contributed by atoms with Crippen LogP contribution in [0.4, 0.5) is 10.2 Å². The van der Waals surface area contributed by atoms with E-state index in [0.29, 0.717) is 12.4 Å². The van der Waals surface area contributed by atoms with E-state index in [1.165, 1.54) is 12.1 Å². The first kappa shape index (κ1) is 19.5. The molecule has 8 heteroatoms. The largest absolute Gasteiger partial charge is 0.365 e. The summed E-state index contributed by atoms with van der Waals surface area (Å²) in [6, 6.07) is 6.31. The number of amidine groups is 1. The van der Waals surface area contributed by atoms with E-state index >= 15 is 0 Å². The Morgan fingerprint density at radius 2 is 2.13 bits per heavy atom. The predicted molar refractivity (Wildman–Crippen MR) is 118 cm³/mol. The second kappa shape index (κ2) is 8.69. The van der Waals surface area contributed by atoms with Gasteiger partial charge in [-0.1, -0.05) is 30.9 Å². The van der Waals surface area contributed by atoms with E-state index in [2.05, 4.69) is 42.4 Å². The Morgan fingerprint density at radius 3 is 2.87 bits per heavy atom. The molecule has 0 bridgehead atoms. The second-order valence-corrected chi connectivity index (χ2v) is 6.95. The molecular formula is C22H22FN7. The molecule has 2 atom stereocenters. The van der Waals surface area contributed by atoms with Crippen molar-refractivity contribution in [2.24, 2.45) is 15.0 Å². The van der Waals surface area contributed by atoms with E-state index in [4.69, 9.17) is 0 Å². The molecule has 1 aromatic heterocycles. The zero-order chi connectivity index (χ0) is 20.9. The van der Waals surface area contributed by atoms with Crippen molar-refractivity contribution >= 4 is 24.2 Å². The molecule has 30 heavy (non-hydrogen) atoms. The van der Waals surface area contributed by atoms with Gasteiger partial charge in [-0.05, 0) is 36.3 Å². The average molecular weight is 403 g/mol. The third-order valence-corrected chi connectivity index (χ3v) is 4.87. The normalized spacial score (nSPS) is 20.3. The Bertz CT molecular complexity index is 1070. The summed E-state index contributed by atoms with van der Waals surface area (Å²) < 4.78 is 13.1. The number of aromatic nitrogens is 2. The molecule has 2 aliphatic rings. The van der Waals surface area contributed by atoms with Gasteiger partial charge in [0, 0.05) is 11.6 Å². The van der Waals surface area contributed by atoms with Crippen molar-refractivity contribution in [2.75, 3.05) is 6.54 Å². The smallest absolute Gasteiger partial charge is 0.155 e. The minimum absolute atomic E-state index is 0.0113. The molecule has 4 rings (SSSR count). The first-order valence-corrected chi connectivity index (χ1v) is 9.59. The van der Waals surface area contributed by atoms with Gasteiger partial charge >= 0.3 is 0 Å². The molecule has 2 aromatic rings. The van der Waals surface area contributed by atoms with E-state index in [1.54, 1.807) is 37.0 Å². The third-order valence-electron chi connectivity index (χ3n) is 4.87. The lowest BCUT2D eigenvalue weighted by Crippen LogP contribution is -2.29.